The largest absolute Gasteiger partial charge is 0.373 e. The number of benzene rings is 2. The highest BCUT2D eigenvalue weighted by atomic mass is 16.5. The molecule has 0 saturated heterocycles. The highest BCUT2D eigenvalue weighted by Gasteiger charge is 2.28. The zero-order chi connectivity index (χ0) is 12.4. The van der Waals surface area contributed by atoms with Crippen molar-refractivity contribution in [2.45, 2.75) is 25.6 Å². The number of hydrogen-bond donors (Lipinski definition) is 1. The van der Waals surface area contributed by atoms with Crippen molar-refractivity contribution in [1.29, 1.82) is 0 Å². The van der Waals surface area contributed by atoms with E-state index in [9.17, 15) is 0 Å². The molecule has 2 heteroatoms. The molecule has 2 nitrogen and oxygen atoms in total. The molecular formula is C16H19NO. The quantitative estimate of drug-likeness (QED) is 0.892. The van der Waals surface area contributed by atoms with Gasteiger partial charge < -0.3 is 10.5 Å². The van der Waals surface area contributed by atoms with E-state index in [4.69, 9.17) is 10.5 Å². The van der Waals surface area contributed by atoms with Gasteiger partial charge >= 0.3 is 0 Å². The highest BCUT2D eigenvalue weighted by Crippen LogP contribution is 2.30. The Morgan fingerprint density at radius 3 is 2.67 bits per heavy atom. The number of ether oxygens (including phenoxy) is 1. The summed E-state index contributed by atoms with van der Waals surface area (Å²) in [5.41, 5.74) is 6.90. The lowest BCUT2D eigenvalue weighted by Crippen LogP contribution is -2.35. The van der Waals surface area contributed by atoms with Crippen molar-refractivity contribution in [3.63, 3.8) is 0 Å². The van der Waals surface area contributed by atoms with Crippen LogP contribution in [0.1, 0.15) is 18.4 Å². The van der Waals surface area contributed by atoms with Crippen molar-refractivity contribution in [2.75, 3.05) is 6.54 Å². The van der Waals surface area contributed by atoms with Crippen molar-refractivity contribution in [2.24, 2.45) is 11.7 Å². The Labute approximate surface area is 108 Å². The third kappa shape index (κ3) is 2.26. The molecule has 18 heavy (non-hydrogen) atoms. The first-order valence-corrected chi connectivity index (χ1v) is 6.65. The molecule has 0 spiro atoms. The first kappa shape index (κ1) is 11.7. The Balaban J connectivity index is 1.68. The molecule has 2 N–H and O–H groups in total. The average molecular weight is 241 g/mol. The number of hydrogen-bond acceptors (Lipinski definition) is 2. The van der Waals surface area contributed by atoms with Crippen molar-refractivity contribution in [3.05, 3.63) is 48.0 Å². The Kier molecular flexibility index (Phi) is 3.31. The molecule has 2 aromatic carbocycles. The van der Waals surface area contributed by atoms with Crippen LogP contribution < -0.4 is 5.73 Å². The molecule has 1 saturated carbocycles. The smallest absolute Gasteiger partial charge is 0.0726 e. The summed E-state index contributed by atoms with van der Waals surface area (Å²) in [5, 5.41) is 2.58. The third-order valence-electron chi connectivity index (χ3n) is 3.88. The Morgan fingerprint density at radius 1 is 1.06 bits per heavy atom. The molecular weight excluding hydrogens is 222 g/mol. The van der Waals surface area contributed by atoms with Crippen LogP contribution in [0.15, 0.2) is 42.5 Å². The van der Waals surface area contributed by atoms with Crippen molar-refractivity contribution >= 4 is 10.8 Å². The normalized spacial score (nSPS) is 22.9. The van der Waals surface area contributed by atoms with Crippen molar-refractivity contribution < 1.29 is 4.74 Å². The Bertz CT molecular complexity index is 526. The Hall–Kier alpha value is -1.38. The fraction of sp³-hybridized carbons (Fsp3) is 0.375. The van der Waals surface area contributed by atoms with Crippen LogP contribution in [0.25, 0.3) is 10.8 Å². The van der Waals surface area contributed by atoms with Gasteiger partial charge in [0.1, 0.15) is 0 Å². The van der Waals surface area contributed by atoms with Crippen LogP contribution in [0.2, 0.25) is 0 Å². The molecule has 0 aromatic heterocycles. The molecule has 2 aromatic rings. The summed E-state index contributed by atoms with van der Waals surface area (Å²) in [6, 6.07) is 14.9. The topological polar surface area (TPSA) is 35.2 Å². The van der Waals surface area contributed by atoms with Gasteiger partial charge in [-0.2, -0.15) is 0 Å². The van der Waals surface area contributed by atoms with Crippen molar-refractivity contribution in [1.82, 2.24) is 0 Å². The van der Waals surface area contributed by atoms with Crippen LogP contribution in [-0.4, -0.2) is 12.6 Å². The lowest BCUT2D eigenvalue weighted by atomic mass is 9.82. The predicted octanol–water partition coefficient (Wildman–Crippen LogP) is 3.09. The molecule has 0 heterocycles. The molecule has 94 valence electrons. The second kappa shape index (κ2) is 5.09. The van der Waals surface area contributed by atoms with Gasteiger partial charge in [-0.3, -0.25) is 0 Å². The van der Waals surface area contributed by atoms with Gasteiger partial charge in [-0.05, 0) is 41.6 Å². The molecule has 0 amide bonds. The molecule has 3 rings (SSSR count). The summed E-state index contributed by atoms with van der Waals surface area (Å²) in [6.07, 6.45) is 2.67. The SMILES string of the molecule is NCC1CC(OCc2cccc3ccccc23)C1. The van der Waals surface area contributed by atoms with Crippen LogP contribution in [0.4, 0.5) is 0 Å². The second-order valence-corrected chi connectivity index (χ2v) is 5.14. The van der Waals surface area contributed by atoms with E-state index in [1.54, 1.807) is 0 Å². The number of nitrogens with two attached hydrogens (primary N) is 1. The second-order valence-electron chi connectivity index (χ2n) is 5.14. The van der Waals surface area contributed by atoms with E-state index in [1.807, 2.05) is 0 Å². The zero-order valence-corrected chi connectivity index (χ0v) is 10.5. The molecule has 1 aliphatic carbocycles. The van der Waals surface area contributed by atoms with Crippen molar-refractivity contribution in [3.8, 4) is 0 Å². The molecule has 1 aliphatic rings. The summed E-state index contributed by atoms with van der Waals surface area (Å²) >= 11 is 0. The molecule has 1 fully saturated rings. The van der Waals surface area contributed by atoms with Gasteiger partial charge in [0.05, 0.1) is 12.7 Å². The van der Waals surface area contributed by atoms with E-state index < -0.39 is 0 Å². The van der Waals surface area contributed by atoms with Gasteiger partial charge in [0.2, 0.25) is 0 Å². The van der Waals surface area contributed by atoms with Gasteiger partial charge in [-0.15, -0.1) is 0 Å². The lowest BCUT2D eigenvalue weighted by molar-refractivity contribution is -0.0371. The maximum atomic E-state index is 5.95. The zero-order valence-electron chi connectivity index (χ0n) is 10.5. The summed E-state index contributed by atoms with van der Waals surface area (Å²) in [7, 11) is 0. The maximum Gasteiger partial charge on any atom is 0.0726 e. The minimum Gasteiger partial charge on any atom is -0.373 e. The molecule has 0 aliphatic heterocycles. The van der Waals surface area contributed by atoms with E-state index in [1.165, 1.54) is 16.3 Å². The summed E-state index contributed by atoms with van der Waals surface area (Å²) in [5.74, 6) is 0.683. The Morgan fingerprint density at radius 2 is 1.83 bits per heavy atom. The van der Waals surface area contributed by atoms with E-state index in [2.05, 4.69) is 42.5 Å². The molecule has 0 radical (unpaired) electrons. The predicted molar refractivity (Wildman–Crippen MR) is 74.3 cm³/mol. The van der Waals surface area contributed by atoms with E-state index in [-0.39, 0.29) is 0 Å². The monoisotopic (exact) mass is 241 g/mol. The fourth-order valence-electron chi connectivity index (χ4n) is 2.63. The third-order valence-corrected chi connectivity index (χ3v) is 3.88. The van der Waals surface area contributed by atoms with Gasteiger partial charge in [0.25, 0.3) is 0 Å². The van der Waals surface area contributed by atoms with Crippen LogP contribution in [0.5, 0.6) is 0 Å². The number of fused-ring (bicyclic) bond motifs is 1. The van der Waals surface area contributed by atoms with Crippen LogP contribution in [0, 0.1) is 5.92 Å². The lowest BCUT2D eigenvalue weighted by Gasteiger charge is -2.34. The molecule has 0 unspecified atom stereocenters. The molecule has 0 bridgehead atoms. The standard InChI is InChI=1S/C16H19NO/c17-10-12-8-15(9-12)18-11-14-6-3-5-13-4-1-2-7-16(13)14/h1-7,12,15H,8-11,17H2. The highest BCUT2D eigenvalue weighted by molar-refractivity contribution is 5.85. The van der Waals surface area contributed by atoms with Crippen LogP contribution in [0.3, 0.4) is 0 Å². The van der Waals surface area contributed by atoms with E-state index >= 15 is 0 Å². The molecule has 0 atom stereocenters. The first-order chi connectivity index (χ1) is 8.86. The summed E-state index contributed by atoms with van der Waals surface area (Å²) in [4.78, 5) is 0. The van der Waals surface area contributed by atoms with Crippen LogP contribution >= 0.6 is 0 Å². The fourth-order valence-corrected chi connectivity index (χ4v) is 2.63. The first-order valence-electron chi connectivity index (χ1n) is 6.65. The van der Waals surface area contributed by atoms with Crippen LogP contribution in [-0.2, 0) is 11.3 Å². The average Bonchev–Trinajstić information content (AvgIpc) is 2.37. The minimum atomic E-state index is 0.414. The summed E-state index contributed by atoms with van der Waals surface area (Å²) in [6.45, 7) is 1.51. The summed E-state index contributed by atoms with van der Waals surface area (Å²) < 4.78 is 5.95. The minimum absolute atomic E-state index is 0.414. The van der Waals surface area contributed by atoms with Gasteiger partial charge in [-0.1, -0.05) is 42.5 Å². The van der Waals surface area contributed by atoms with Gasteiger partial charge in [0, 0.05) is 0 Å². The van der Waals surface area contributed by atoms with Gasteiger partial charge in [-0.25, -0.2) is 0 Å². The number of rotatable bonds is 4. The van der Waals surface area contributed by atoms with E-state index in [0.717, 1.165) is 19.4 Å². The van der Waals surface area contributed by atoms with E-state index in [0.29, 0.717) is 18.6 Å². The maximum absolute atomic E-state index is 5.95. The van der Waals surface area contributed by atoms with Gasteiger partial charge in [0.15, 0.2) is 0 Å².